The normalized spacial score (nSPS) is 10.8. The fraction of sp³-hybridized carbons (Fsp3) is 0.176. The molecule has 4 heteroatoms. The van der Waals surface area contributed by atoms with Crippen LogP contribution < -0.4 is 10.2 Å². The van der Waals surface area contributed by atoms with E-state index in [4.69, 9.17) is 0 Å². The van der Waals surface area contributed by atoms with Crippen LogP contribution in [0.25, 0.3) is 10.9 Å². The highest BCUT2D eigenvalue weighted by Crippen LogP contribution is 2.29. The Balaban J connectivity index is 1.86. The first-order valence-corrected chi connectivity index (χ1v) is 7.70. The van der Waals surface area contributed by atoms with Crippen LogP contribution in [-0.4, -0.2) is 19.1 Å². The highest BCUT2D eigenvalue weighted by molar-refractivity contribution is 9.10. The molecule has 0 aliphatic rings. The molecule has 1 aromatic heterocycles. The number of para-hydroxylation sites is 1. The standard InChI is InChI=1S/C17H18BrN3/c1-21(2)17-8-7-13(18)9-16(17)20-11-12-10-19-15-6-4-3-5-14(12)15/h3-10,19-20H,11H2,1-2H3. The largest absolute Gasteiger partial charge is 0.379 e. The van der Waals surface area contributed by atoms with E-state index in [2.05, 4.69) is 93.9 Å². The Labute approximate surface area is 133 Å². The van der Waals surface area contributed by atoms with Crippen LogP contribution in [0, 0.1) is 0 Å². The van der Waals surface area contributed by atoms with Crippen LogP contribution in [0.15, 0.2) is 53.1 Å². The Kier molecular flexibility index (Phi) is 3.88. The second kappa shape index (κ2) is 5.82. The van der Waals surface area contributed by atoms with Crippen LogP contribution in [-0.2, 0) is 6.54 Å². The van der Waals surface area contributed by atoms with Crippen molar-refractivity contribution in [2.45, 2.75) is 6.54 Å². The van der Waals surface area contributed by atoms with Gasteiger partial charge in [-0.15, -0.1) is 0 Å². The van der Waals surface area contributed by atoms with Gasteiger partial charge in [-0.3, -0.25) is 0 Å². The Bertz CT molecular complexity index is 762. The van der Waals surface area contributed by atoms with E-state index in [0.29, 0.717) is 0 Å². The van der Waals surface area contributed by atoms with Crippen LogP contribution in [0.3, 0.4) is 0 Å². The van der Waals surface area contributed by atoms with Gasteiger partial charge in [-0.1, -0.05) is 34.1 Å². The maximum Gasteiger partial charge on any atom is 0.0597 e. The van der Waals surface area contributed by atoms with Crippen molar-refractivity contribution in [1.29, 1.82) is 0 Å². The number of H-pyrrole nitrogens is 1. The zero-order chi connectivity index (χ0) is 14.8. The van der Waals surface area contributed by atoms with E-state index in [1.807, 2.05) is 0 Å². The number of nitrogens with one attached hydrogen (secondary N) is 2. The quantitative estimate of drug-likeness (QED) is 0.724. The van der Waals surface area contributed by atoms with Crippen LogP contribution in [0.1, 0.15) is 5.56 Å². The van der Waals surface area contributed by atoms with E-state index >= 15 is 0 Å². The molecule has 21 heavy (non-hydrogen) atoms. The molecule has 1 heterocycles. The van der Waals surface area contributed by atoms with Crippen LogP contribution in [0.5, 0.6) is 0 Å². The van der Waals surface area contributed by atoms with Crippen molar-refractivity contribution in [3.05, 3.63) is 58.7 Å². The molecule has 2 aromatic carbocycles. The molecular weight excluding hydrogens is 326 g/mol. The van der Waals surface area contributed by atoms with E-state index in [0.717, 1.165) is 16.7 Å². The number of hydrogen-bond donors (Lipinski definition) is 2. The molecule has 3 aromatic rings. The van der Waals surface area contributed by atoms with Gasteiger partial charge in [-0.2, -0.15) is 0 Å². The number of fused-ring (bicyclic) bond motifs is 1. The summed E-state index contributed by atoms with van der Waals surface area (Å²) in [4.78, 5) is 5.43. The number of nitrogens with zero attached hydrogens (tertiary/aromatic N) is 1. The predicted molar refractivity (Wildman–Crippen MR) is 94.1 cm³/mol. The number of hydrogen-bond acceptors (Lipinski definition) is 2. The molecule has 0 aliphatic carbocycles. The maximum absolute atomic E-state index is 3.54. The number of benzene rings is 2. The summed E-state index contributed by atoms with van der Waals surface area (Å²) in [6, 6.07) is 14.7. The molecule has 0 spiro atoms. The first kappa shape index (κ1) is 14.0. The van der Waals surface area contributed by atoms with Crippen molar-refractivity contribution < 1.29 is 0 Å². The molecule has 3 rings (SSSR count). The molecule has 0 saturated heterocycles. The first-order chi connectivity index (χ1) is 10.1. The third kappa shape index (κ3) is 2.90. The predicted octanol–water partition coefficient (Wildman–Crippen LogP) is 4.61. The van der Waals surface area contributed by atoms with E-state index < -0.39 is 0 Å². The minimum atomic E-state index is 0.793. The summed E-state index contributed by atoms with van der Waals surface area (Å²) in [5.74, 6) is 0. The van der Waals surface area contributed by atoms with Gasteiger partial charge in [-0.05, 0) is 29.8 Å². The zero-order valence-corrected chi connectivity index (χ0v) is 13.7. The summed E-state index contributed by atoms with van der Waals surface area (Å²) >= 11 is 3.54. The van der Waals surface area contributed by atoms with Gasteiger partial charge in [0, 0.05) is 42.2 Å². The average Bonchev–Trinajstić information content (AvgIpc) is 2.88. The lowest BCUT2D eigenvalue weighted by Crippen LogP contribution is -2.12. The minimum Gasteiger partial charge on any atom is -0.379 e. The molecule has 3 nitrogen and oxygen atoms in total. The van der Waals surface area contributed by atoms with Gasteiger partial charge in [-0.25, -0.2) is 0 Å². The van der Waals surface area contributed by atoms with Crippen LogP contribution in [0.4, 0.5) is 11.4 Å². The Morgan fingerprint density at radius 1 is 1.14 bits per heavy atom. The molecule has 0 amide bonds. The molecular formula is C17H18BrN3. The fourth-order valence-electron chi connectivity index (χ4n) is 2.51. The summed E-state index contributed by atoms with van der Waals surface area (Å²) in [5.41, 5.74) is 4.75. The number of aromatic amines is 1. The van der Waals surface area contributed by atoms with Gasteiger partial charge in [0.2, 0.25) is 0 Å². The van der Waals surface area contributed by atoms with E-state index in [1.165, 1.54) is 22.2 Å². The topological polar surface area (TPSA) is 31.1 Å². The van der Waals surface area contributed by atoms with Crippen molar-refractivity contribution in [2.24, 2.45) is 0 Å². The third-order valence-electron chi connectivity index (χ3n) is 3.58. The molecule has 0 atom stereocenters. The monoisotopic (exact) mass is 343 g/mol. The van der Waals surface area contributed by atoms with Gasteiger partial charge >= 0.3 is 0 Å². The average molecular weight is 344 g/mol. The Morgan fingerprint density at radius 3 is 2.76 bits per heavy atom. The fourth-order valence-corrected chi connectivity index (χ4v) is 2.87. The van der Waals surface area contributed by atoms with Crippen molar-refractivity contribution in [3.63, 3.8) is 0 Å². The molecule has 2 N–H and O–H groups in total. The van der Waals surface area contributed by atoms with Gasteiger partial charge < -0.3 is 15.2 Å². The summed E-state index contributed by atoms with van der Waals surface area (Å²) in [7, 11) is 4.11. The molecule has 0 bridgehead atoms. The Morgan fingerprint density at radius 2 is 1.95 bits per heavy atom. The summed E-state index contributed by atoms with van der Waals surface area (Å²) in [6.07, 6.45) is 2.07. The Hall–Kier alpha value is -1.94. The molecule has 0 radical (unpaired) electrons. The first-order valence-electron chi connectivity index (χ1n) is 6.91. The lowest BCUT2D eigenvalue weighted by Gasteiger charge is -2.18. The van der Waals surface area contributed by atoms with E-state index in [1.54, 1.807) is 0 Å². The highest BCUT2D eigenvalue weighted by atomic mass is 79.9. The van der Waals surface area contributed by atoms with E-state index in [-0.39, 0.29) is 0 Å². The SMILES string of the molecule is CN(C)c1ccc(Br)cc1NCc1c[nH]c2ccccc12. The maximum atomic E-state index is 3.54. The molecule has 0 aliphatic heterocycles. The van der Waals surface area contributed by atoms with Gasteiger partial charge in [0.25, 0.3) is 0 Å². The van der Waals surface area contributed by atoms with Crippen LogP contribution >= 0.6 is 15.9 Å². The van der Waals surface area contributed by atoms with Gasteiger partial charge in [0.05, 0.1) is 11.4 Å². The highest BCUT2D eigenvalue weighted by Gasteiger charge is 2.07. The second-order valence-electron chi connectivity index (χ2n) is 5.27. The van der Waals surface area contributed by atoms with Crippen LogP contribution in [0.2, 0.25) is 0 Å². The number of anilines is 2. The lowest BCUT2D eigenvalue weighted by molar-refractivity contribution is 1.10. The van der Waals surface area contributed by atoms with Crippen molar-refractivity contribution in [3.8, 4) is 0 Å². The smallest absolute Gasteiger partial charge is 0.0597 e. The lowest BCUT2D eigenvalue weighted by atomic mass is 10.1. The van der Waals surface area contributed by atoms with Gasteiger partial charge in [0.1, 0.15) is 0 Å². The van der Waals surface area contributed by atoms with Crippen molar-refractivity contribution in [2.75, 3.05) is 24.3 Å². The third-order valence-corrected chi connectivity index (χ3v) is 4.08. The summed E-state index contributed by atoms with van der Waals surface area (Å²) in [6.45, 7) is 0.793. The molecule has 0 unspecified atom stereocenters. The van der Waals surface area contributed by atoms with Crippen molar-refractivity contribution in [1.82, 2.24) is 4.98 Å². The van der Waals surface area contributed by atoms with Gasteiger partial charge in [0.15, 0.2) is 0 Å². The number of halogens is 1. The van der Waals surface area contributed by atoms with E-state index in [9.17, 15) is 0 Å². The molecule has 108 valence electrons. The molecule has 0 fully saturated rings. The molecule has 0 saturated carbocycles. The summed E-state index contributed by atoms with van der Waals surface area (Å²) in [5, 5.41) is 4.81. The zero-order valence-electron chi connectivity index (χ0n) is 12.2. The number of rotatable bonds is 4. The summed E-state index contributed by atoms with van der Waals surface area (Å²) < 4.78 is 1.08. The number of aromatic nitrogens is 1. The minimum absolute atomic E-state index is 0.793. The second-order valence-corrected chi connectivity index (χ2v) is 6.18. The van der Waals surface area contributed by atoms with Crippen molar-refractivity contribution >= 4 is 38.2 Å².